The number of aromatic nitrogens is 1. The van der Waals surface area contributed by atoms with E-state index in [0.29, 0.717) is 6.04 Å². The Hall–Kier alpha value is -1.81. The number of thioether (sulfide) groups is 1. The summed E-state index contributed by atoms with van der Waals surface area (Å²) in [6.45, 7) is 4.41. The summed E-state index contributed by atoms with van der Waals surface area (Å²) in [6.07, 6.45) is 3.03. The van der Waals surface area contributed by atoms with Gasteiger partial charge >= 0.3 is 0 Å². The Morgan fingerprint density at radius 1 is 1.17 bits per heavy atom. The maximum atomic E-state index is 5.04. The van der Waals surface area contributed by atoms with Crippen molar-refractivity contribution < 1.29 is 0 Å². The van der Waals surface area contributed by atoms with Crippen LogP contribution in [0.15, 0.2) is 53.7 Å². The summed E-state index contributed by atoms with van der Waals surface area (Å²) >= 11 is 1.89. The molecule has 23 heavy (non-hydrogen) atoms. The summed E-state index contributed by atoms with van der Waals surface area (Å²) in [6, 6.07) is 16.0. The fourth-order valence-electron chi connectivity index (χ4n) is 3.47. The number of nitrogens with zero attached hydrogens (tertiary/aromatic N) is 3. The lowest BCUT2D eigenvalue weighted by atomic mass is 9.94. The third-order valence-corrected chi connectivity index (χ3v) is 5.87. The third-order valence-electron chi connectivity index (χ3n) is 4.75. The van der Waals surface area contributed by atoms with Crippen molar-refractivity contribution in [2.24, 2.45) is 4.99 Å². The standard InChI is InChI=1S/C19H21N3S/c1-3-15-12-23-19-21-17(16-6-4-5-11-20-16)18(22(15)19)14-9-7-13(2)8-10-14/h4-11,15,17-18H,3,12H2,1-2H3/t15-,17-,18+/m1/s1. The van der Waals surface area contributed by atoms with Gasteiger partial charge in [-0.3, -0.25) is 9.98 Å². The minimum absolute atomic E-state index is 0.0933. The second-order valence-electron chi connectivity index (χ2n) is 6.25. The van der Waals surface area contributed by atoms with Crippen molar-refractivity contribution in [3.63, 3.8) is 0 Å². The van der Waals surface area contributed by atoms with E-state index in [1.807, 2.05) is 24.0 Å². The minimum Gasteiger partial charge on any atom is -0.338 e. The van der Waals surface area contributed by atoms with E-state index in [9.17, 15) is 0 Å². The Morgan fingerprint density at radius 3 is 2.70 bits per heavy atom. The monoisotopic (exact) mass is 323 g/mol. The summed E-state index contributed by atoms with van der Waals surface area (Å²) in [5.74, 6) is 1.15. The normalized spacial score (nSPS) is 26.3. The molecule has 1 fully saturated rings. The van der Waals surface area contributed by atoms with Gasteiger partial charge in [0.1, 0.15) is 6.04 Å². The van der Waals surface area contributed by atoms with Gasteiger partial charge in [0, 0.05) is 18.0 Å². The van der Waals surface area contributed by atoms with Crippen molar-refractivity contribution in [3.05, 3.63) is 65.5 Å². The predicted octanol–water partition coefficient (Wildman–Crippen LogP) is 4.37. The molecule has 0 aliphatic carbocycles. The third kappa shape index (κ3) is 2.55. The molecular formula is C19H21N3S. The molecule has 0 radical (unpaired) electrons. The SMILES string of the molecule is CC[C@@H]1CSC2=N[C@H](c3ccccn3)[C@H](c3ccc(C)cc3)N21. The number of amidine groups is 1. The summed E-state index contributed by atoms with van der Waals surface area (Å²) in [7, 11) is 0. The number of aliphatic imine (C=N–C) groups is 1. The van der Waals surface area contributed by atoms with Gasteiger partial charge in [-0.1, -0.05) is 54.6 Å². The molecule has 3 heterocycles. The number of benzene rings is 1. The zero-order valence-electron chi connectivity index (χ0n) is 13.5. The summed E-state index contributed by atoms with van der Waals surface area (Å²) in [5.41, 5.74) is 3.70. The number of aryl methyl sites for hydroxylation is 1. The van der Waals surface area contributed by atoms with E-state index in [4.69, 9.17) is 4.99 Å². The van der Waals surface area contributed by atoms with E-state index in [-0.39, 0.29) is 12.1 Å². The van der Waals surface area contributed by atoms with E-state index in [0.717, 1.165) is 17.9 Å². The molecule has 4 heteroatoms. The van der Waals surface area contributed by atoms with Crippen molar-refractivity contribution in [2.45, 2.75) is 38.4 Å². The van der Waals surface area contributed by atoms with E-state index in [2.05, 4.69) is 60.1 Å². The molecule has 3 nitrogen and oxygen atoms in total. The molecule has 2 aromatic rings. The first-order valence-corrected chi connectivity index (χ1v) is 9.23. The molecule has 2 aliphatic heterocycles. The van der Waals surface area contributed by atoms with Gasteiger partial charge in [0.25, 0.3) is 0 Å². The number of fused-ring (bicyclic) bond motifs is 1. The van der Waals surface area contributed by atoms with Crippen molar-refractivity contribution in [2.75, 3.05) is 5.75 Å². The first-order valence-electron chi connectivity index (χ1n) is 8.24. The molecule has 0 saturated carbocycles. The molecule has 1 saturated heterocycles. The van der Waals surface area contributed by atoms with Crippen LogP contribution in [0.1, 0.15) is 42.2 Å². The zero-order chi connectivity index (χ0) is 15.8. The summed E-state index contributed by atoms with van der Waals surface area (Å²) in [5, 5.41) is 1.19. The highest BCUT2D eigenvalue weighted by Gasteiger charge is 2.45. The average molecular weight is 323 g/mol. The van der Waals surface area contributed by atoms with Crippen molar-refractivity contribution in [1.82, 2.24) is 9.88 Å². The number of hydrogen-bond donors (Lipinski definition) is 0. The van der Waals surface area contributed by atoms with Crippen LogP contribution in [0, 0.1) is 6.92 Å². The van der Waals surface area contributed by atoms with Crippen molar-refractivity contribution >= 4 is 16.9 Å². The zero-order valence-corrected chi connectivity index (χ0v) is 14.3. The summed E-state index contributed by atoms with van der Waals surface area (Å²) in [4.78, 5) is 12.2. The molecule has 118 valence electrons. The van der Waals surface area contributed by atoms with E-state index in [1.165, 1.54) is 16.3 Å². The predicted molar refractivity (Wildman–Crippen MR) is 96.7 cm³/mol. The summed E-state index contributed by atoms with van der Waals surface area (Å²) < 4.78 is 0. The molecule has 3 atom stereocenters. The van der Waals surface area contributed by atoms with Gasteiger partial charge in [-0.2, -0.15) is 0 Å². The van der Waals surface area contributed by atoms with Crippen molar-refractivity contribution in [1.29, 1.82) is 0 Å². The lowest BCUT2D eigenvalue weighted by Gasteiger charge is -2.32. The van der Waals surface area contributed by atoms with Crippen LogP contribution in [-0.4, -0.2) is 26.8 Å². The van der Waals surface area contributed by atoms with Gasteiger partial charge in [0.2, 0.25) is 0 Å². The molecular weight excluding hydrogens is 302 g/mol. The molecule has 4 rings (SSSR count). The smallest absolute Gasteiger partial charge is 0.160 e. The van der Waals surface area contributed by atoms with Crippen LogP contribution in [0.4, 0.5) is 0 Å². The van der Waals surface area contributed by atoms with Crippen LogP contribution in [0.3, 0.4) is 0 Å². The van der Waals surface area contributed by atoms with Gasteiger partial charge in [0.15, 0.2) is 5.17 Å². The lowest BCUT2D eigenvalue weighted by Crippen LogP contribution is -2.35. The fraction of sp³-hybridized carbons (Fsp3) is 0.368. The van der Waals surface area contributed by atoms with Gasteiger partial charge in [-0.05, 0) is 31.0 Å². The second kappa shape index (κ2) is 6.00. The van der Waals surface area contributed by atoms with Crippen LogP contribution >= 0.6 is 11.8 Å². The quantitative estimate of drug-likeness (QED) is 0.840. The van der Waals surface area contributed by atoms with Crippen LogP contribution in [0.25, 0.3) is 0 Å². The Balaban J connectivity index is 1.78. The molecule has 0 unspecified atom stereocenters. The van der Waals surface area contributed by atoms with Crippen LogP contribution in [0.2, 0.25) is 0 Å². The molecule has 0 N–H and O–H groups in total. The van der Waals surface area contributed by atoms with Crippen LogP contribution in [0.5, 0.6) is 0 Å². The molecule has 0 spiro atoms. The molecule has 1 aromatic carbocycles. The number of rotatable bonds is 3. The maximum Gasteiger partial charge on any atom is 0.160 e. The van der Waals surface area contributed by atoms with E-state index in [1.54, 1.807) is 0 Å². The second-order valence-corrected chi connectivity index (χ2v) is 7.23. The maximum absolute atomic E-state index is 5.04. The van der Waals surface area contributed by atoms with Gasteiger partial charge in [-0.25, -0.2) is 0 Å². The largest absolute Gasteiger partial charge is 0.338 e. The van der Waals surface area contributed by atoms with Crippen LogP contribution in [-0.2, 0) is 0 Å². The molecule has 0 amide bonds. The van der Waals surface area contributed by atoms with Gasteiger partial charge < -0.3 is 4.90 Å². The van der Waals surface area contributed by atoms with E-state index >= 15 is 0 Å². The molecule has 0 bridgehead atoms. The Bertz CT molecular complexity index is 711. The van der Waals surface area contributed by atoms with Gasteiger partial charge in [-0.15, -0.1) is 0 Å². The molecule has 2 aliphatic rings. The minimum atomic E-state index is 0.0933. The topological polar surface area (TPSA) is 28.5 Å². The highest BCUT2D eigenvalue weighted by molar-refractivity contribution is 8.14. The highest BCUT2D eigenvalue weighted by Crippen LogP contribution is 2.48. The Morgan fingerprint density at radius 2 is 2.00 bits per heavy atom. The van der Waals surface area contributed by atoms with Crippen molar-refractivity contribution in [3.8, 4) is 0 Å². The number of pyridine rings is 1. The Kier molecular flexibility index (Phi) is 3.85. The van der Waals surface area contributed by atoms with Crippen LogP contribution < -0.4 is 0 Å². The average Bonchev–Trinajstić information content (AvgIpc) is 3.15. The highest BCUT2D eigenvalue weighted by atomic mass is 32.2. The molecule has 1 aromatic heterocycles. The first kappa shape index (κ1) is 14.8. The lowest BCUT2D eigenvalue weighted by molar-refractivity contribution is 0.255. The van der Waals surface area contributed by atoms with Gasteiger partial charge in [0.05, 0.1) is 11.7 Å². The Labute approximate surface area is 141 Å². The fourth-order valence-corrected chi connectivity index (χ4v) is 4.81. The number of hydrogen-bond acceptors (Lipinski definition) is 4. The van der Waals surface area contributed by atoms with E-state index < -0.39 is 0 Å². The first-order chi connectivity index (χ1) is 11.3.